The molecule has 2 heterocycles. The maximum Gasteiger partial charge on any atom is 0.230 e. The Labute approximate surface area is 118 Å². The molecular formula is C15H17ClN2O. The predicted molar refractivity (Wildman–Crippen MR) is 72.4 cm³/mol. The summed E-state index contributed by atoms with van der Waals surface area (Å²) < 4.78 is 2.26. The van der Waals surface area contributed by atoms with Gasteiger partial charge in [0.2, 0.25) is 5.52 Å². The minimum atomic E-state index is 0. The van der Waals surface area contributed by atoms with E-state index >= 15 is 0 Å². The van der Waals surface area contributed by atoms with E-state index in [9.17, 15) is 0 Å². The SMILES string of the molecule is Cc1ccc(C[n+]2cccc3[nH]ccc32)cc1.O.[Cl-]. The fraction of sp³-hybridized carbons (Fsp3) is 0.133. The molecule has 0 saturated heterocycles. The van der Waals surface area contributed by atoms with Crippen molar-refractivity contribution in [2.45, 2.75) is 13.5 Å². The van der Waals surface area contributed by atoms with Crippen LogP contribution in [0.2, 0.25) is 0 Å². The van der Waals surface area contributed by atoms with Gasteiger partial charge in [-0.25, -0.2) is 0 Å². The fourth-order valence-corrected chi connectivity index (χ4v) is 2.11. The summed E-state index contributed by atoms with van der Waals surface area (Å²) in [6.07, 6.45) is 4.10. The summed E-state index contributed by atoms with van der Waals surface area (Å²) in [7, 11) is 0. The normalized spacial score (nSPS) is 9.74. The Morgan fingerprint density at radius 3 is 2.53 bits per heavy atom. The molecule has 3 nitrogen and oxygen atoms in total. The average Bonchev–Trinajstić information content (AvgIpc) is 2.81. The molecule has 0 aliphatic rings. The van der Waals surface area contributed by atoms with Crippen molar-refractivity contribution in [3.63, 3.8) is 0 Å². The molecule has 19 heavy (non-hydrogen) atoms. The molecule has 0 bridgehead atoms. The number of hydrogen-bond donors (Lipinski definition) is 1. The molecule has 4 heteroatoms. The summed E-state index contributed by atoms with van der Waals surface area (Å²) in [5.41, 5.74) is 5.06. The van der Waals surface area contributed by atoms with E-state index in [1.165, 1.54) is 22.2 Å². The number of halogens is 1. The fourth-order valence-electron chi connectivity index (χ4n) is 2.11. The molecule has 0 saturated carbocycles. The zero-order chi connectivity index (χ0) is 11.7. The Hall–Kier alpha value is -1.84. The van der Waals surface area contributed by atoms with Crippen LogP contribution in [0.5, 0.6) is 0 Å². The highest BCUT2D eigenvalue weighted by Gasteiger charge is 2.09. The summed E-state index contributed by atoms with van der Waals surface area (Å²) >= 11 is 0. The monoisotopic (exact) mass is 276 g/mol. The lowest BCUT2D eigenvalue weighted by atomic mass is 10.1. The zero-order valence-electron chi connectivity index (χ0n) is 10.7. The van der Waals surface area contributed by atoms with Gasteiger partial charge in [-0.3, -0.25) is 0 Å². The molecule has 0 spiro atoms. The van der Waals surface area contributed by atoms with Crippen molar-refractivity contribution in [1.29, 1.82) is 0 Å². The molecule has 0 unspecified atom stereocenters. The number of nitrogens with one attached hydrogen (secondary N) is 1. The first-order valence-corrected chi connectivity index (χ1v) is 5.84. The highest BCUT2D eigenvalue weighted by Crippen LogP contribution is 2.08. The molecule has 0 fully saturated rings. The number of fused-ring (bicyclic) bond motifs is 1. The van der Waals surface area contributed by atoms with Gasteiger partial charge in [0, 0.05) is 23.9 Å². The Morgan fingerprint density at radius 1 is 1.05 bits per heavy atom. The van der Waals surface area contributed by atoms with Crippen molar-refractivity contribution < 1.29 is 22.5 Å². The quantitative estimate of drug-likeness (QED) is 0.584. The van der Waals surface area contributed by atoms with Gasteiger partial charge in [-0.1, -0.05) is 29.8 Å². The summed E-state index contributed by atoms with van der Waals surface area (Å²) in [4.78, 5) is 3.23. The Bertz CT molecular complexity index is 647. The van der Waals surface area contributed by atoms with Crippen LogP contribution in [-0.4, -0.2) is 10.5 Å². The van der Waals surface area contributed by atoms with Gasteiger partial charge in [0.05, 0.1) is 0 Å². The number of pyridine rings is 1. The average molecular weight is 277 g/mol. The van der Waals surface area contributed by atoms with Crippen LogP contribution >= 0.6 is 0 Å². The summed E-state index contributed by atoms with van der Waals surface area (Å²) in [6, 6.07) is 15.0. The molecular weight excluding hydrogens is 260 g/mol. The first kappa shape index (κ1) is 15.2. The van der Waals surface area contributed by atoms with Gasteiger partial charge in [-0.2, -0.15) is 4.57 Å². The summed E-state index contributed by atoms with van der Waals surface area (Å²) in [5, 5.41) is 0. The van der Waals surface area contributed by atoms with Crippen molar-refractivity contribution in [1.82, 2.24) is 4.98 Å². The molecule has 100 valence electrons. The van der Waals surface area contributed by atoms with Gasteiger partial charge in [0.25, 0.3) is 0 Å². The molecule has 3 N–H and O–H groups in total. The van der Waals surface area contributed by atoms with E-state index in [0.717, 1.165) is 6.54 Å². The summed E-state index contributed by atoms with van der Waals surface area (Å²) in [6.45, 7) is 3.03. The van der Waals surface area contributed by atoms with Crippen molar-refractivity contribution in [2.75, 3.05) is 0 Å². The highest BCUT2D eigenvalue weighted by atomic mass is 35.5. The number of H-pyrrole nitrogens is 1. The Balaban J connectivity index is 0.000000902. The Morgan fingerprint density at radius 2 is 1.79 bits per heavy atom. The Kier molecular flexibility index (Phi) is 5.10. The molecule has 1 aromatic carbocycles. The van der Waals surface area contributed by atoms with Crippen LogP contribution < -0.4 is 17.0 Å². The van der Waals surface area contributed by atoms with Crippen LogP contribution in [0, 0.1) is 6.92 Å². The number of nitrogens with zero attached hydrogens (tertiary/aromatic N) is 1. The van der Waals surface area contributed by atoms with Crippen LogP contribution in [0.25, 0.3) is 11.0 Å². The van der Waals surface area contributed by atoms with Crippen molar-refractivity contribution in [2.24, 2.45) is 0 Å². The van der Waals surface area contributed by atoms with Crippen LogP contribution in [0.1, 0.15) is 11.1 Å². The molecule has 2 aromatic heterocycles. The zero-order valence-corrected chi connectivity index (χ0v) is 11.5. The lowest BCUT2D eigenvalue weighted by molar-refractivity contribution is -0.662. The van der Waals surface area contributed by atoms with Gasteiger partial charge in [0.1, 0.15) is 5.52 Å². The van der Waals surface area contributed by atoms with E-state index < -0.39 is 0 Å². The van der Waals surface area contributed by atoms with E-state index in [0.29, 0.717) is 0 Å². The van der Waals surface area contributed by atoms with Crippen molar-refractivity contribution in [3.8, 4) is 0 Å². The largest absolute Gasteiger partial charge is 1.00 e. The van der Waals surface area contributed by atoms with Gasteiger partial charge in [-0.05, 0) is 13.0 Å². The third-order valence-corrected chi connectivity index (χ3v) is 3.07. The van der Waals surface area contributed by atoms with Gasteiger partial charge < -0.3 is 22.9 Å². The first-order valence-electron chi connectivity index (χ1n) is 5.84. The third kappa shape index (κ3) is 3.13. The smallest absolute Gasteiger partial charge is 0.230 e. The number of aromatic nitrogens is 2. The van der Waals surface area contributed by atoms with Crippen LogP contribution in [0.4, 0.5) is 0 Å². The van der Waals surface area contributed by atoms with E-state index in [4.69, 9.17) is 0 Å². The van der Waals surface area contributed by atoms with Crippen LogP contribution in [0.15, 0.2) is 54.9 Å². The first-order chi connectivity index (χ1) is 8.33. The van der Waals surface area contributed by atoms with E-state index in [-0.39, 0.29) is 17.9 Å². The number of hydrogen-bond acceptors (Lipinski definition) is 0. The number of aromatic amines is 1. The second kappa shape index (κ2) is 6.36. The second-order valence-electron chi connectivity index (χ2n) is 4.40. The van der Waals surface area contributed by atoms with E-state index in [1.54, 1.807) is 0 Å². The van der Waals surface area contributed by atoms with Gasteiger partial charge in [-0.15, -0.1) is 0 Å². The van der Waals surface area contributed by atoms with Gasteiger partial charge >= 0.3 is 0 Å². The molecule has 0 aliphatic carbocycles. The third-order valence-electron chi connectivity index (χ3n) is 3.07. The van der Waals surface area contributed by atoms with Crippen molar-refractivity contribution in [3.05, 3.63) is 66.0 Å². The minimum absolute atomic E-state index is 0. The van der Waals surface area contributed by atoms with E-state index in [2.05, 4.69) is 65.1 Å². The lowest BCUT2D eigenvalue weighted by Gasteiger charge is -1.99. The number of aryl methyl sites for hydroxylation is 1. The number of benzene rings is 1. The topological polar surface area (TPSA) is 51.2 Å². The van der Waals surface area contributed by atoms with Crippen LogP contribution in [0.3, 0.4) is 0 Å². The summed E-state index contributed by atoms with van der Waals surface area (Å²) in [5.74, 6) is 0. The minimum Gasteiger partial charge on any atom is -1.00 e. The molecule has 3 aromatic rings. The predicted octanol–water partition coefficient (Wildman–Crippen LogP) is -1.01. The number of rotatable bonds is 2. The molecule has 0 radical (unpaired) electrons. The molecule has 3 rings (SSSR count). The van der Waals surface area contributed by atoms with Crippen LogP contribution in [-0.2, 0) is 6.54 Å². The second-order valence-corrected chi connectivity index (χ2v) is 4.40. The maximum atomic E-state index is 3.23. The molecule has 0 atom stereocenters. The molecule has 0 aliphatic heterocycles. The maximum absolute atomic E-state index is 3.23. The van der Waals surface area contributed by atoms with Gasteiger partial charge in [0.15, 0.2) is 12.7 Å². The standard InChI is InChI=1S/C15H14N2.ClH.H2O/c1-12-4-6-13(7-5-12)11-17-10-2-3-14-15(17)8-9-16-14;;/h2-10H,11H2,1H3;1H;1H2. The lowest BCUT2D eigenvalue weighted by Crippen LogP contribution is -3.00. The highest BCUT2D eigenvalue weighted by molar-refractivity contribution is 5.70. The van der Waals surface area contributed by atoms with E-state index in [1.807, 2.05) is 6.20 Å². The van der Waals surface area contributed by atoms with Crippen molar-refractivity contribution >= 4 is 11.0 Å². The molecule has 0 amide bonds.